The van der Waals surface area contributed by atoms with Gasteiger partial charge in [0.25, 0.3) is 5.56 Å². The molecule has 0 aromatic carbocycles. The zero-order valence-electron chi connectivity index (χ0n) is 12.1. The topological polar surface area (TPSA) is 97.6 Å². The maximum absolute atomic E-state index is 12.5. The van der Waals surface area contributed by atoms with Crippen molar-refractivity contribution in [1.82, 2.24) is 29.9 Å². The number of aromatic nitrogens is 5. The Balaban J connectivity index is 1.98. The van der Waals surface area contributed by atoms with Crippen LogP contribution >= 0.6 is 11.3 Å². The van der Waals surface area contributed by atoms with E-state index in [1.807, 2.05) is 23.8 Å². The summed E-state index contributed by atoms with van der Waals surface area (Å²) in [6.45, 7) is 2.32. The molecular formula is C14H12N6O2S. The van der Waals surface area contributed by atoms with Gasteiger partial charge in [0.1, 0.15) is 0 Å². The summed E-state index contributed by atoms with van der Waals surface area (Å²) in [6.07, 6.45) is 3.00. The van der Waals surface area contributed by atoms with Gasteiger partial charge >= 0.3 is 6.03 Å². The molecule has 116 valence electrons. The molecule has 4 aromatic heterocycles. The zero-order chi connectivity index (χ0) is 16.0. The molecule has 0 atom stereocenters. The second kappa shape index (κ2) is 5.06. The molecule has 4 aromatic rings. The largest absolute Gasteiger partial charge is 0.344 e. The van der Waals surface area contributed by atoms with E-state index in [4.69, 9.17) is 0 Å². The number of pyridine rings is 1. The van der Waals surface area contributed by atoms with E-state index in [2.05, 4.69) is 20.5 Å². The number of fused-ring (bicyclic) bond motifs is 3. The molecule has 0 fully saturated rings. The highest BCUT2D eigenvalue weighted by atomic mass is 32.1. The highest BCUT2D eigenvalue weighted by molar-refractivity contribution is 7.08. The number of hydrogen-bond acceptors (Lipinski definition) is 5. The lowest BCUT2D eigenvalue weighted by atomic mass is 10.2. The normalized spacial score (nSPS) is 11.3. The van der Waals surface area contributed by atoms with Crippen LogP contribution in [-0.2, 0) is 0 Å². The van der Waals surface area contributed by atoms with E-state index in [1.165, 1.54) is 33.1 Å². The van der Waals surface area contributed by atoms with Crippen LogP contribution in [0, 0.1) is 0 Å². The van der Waals surface area contributed by atoms with Crippen molar-refractivity contribution in [3.63, 3.8) is 0 Å². The summed E-state index contributed by atoms with van der Waals surface area (Å²) in [4.78, 5) is 28.7. The highest BCUT2D eigenvalue weighted by Gasteiger charge is 2.17. The Morgan fingerprint density at radius 3 is 3.00 bits per heavy atom. The van der Waals surface area contributed by atoms with Gasteiger partial charge in [0.05, 0.1) is 28.2 Å². The van der Waals surface area contributed by atoms with Crippen LogP contribution < -0.4 is 10.9 Å². The maximum Gasteiger partial charge on any atom is 0.344 e. The minimum absolute atomic E-state index is 0.182. The van der Waals surface area contributed by atoms with Crippen LogP contribution in [0.25, 0.3) is 27.6 Å². The van der Waals surface area contributed by atoms with Gasteiger partial charge in [-0.2, -0.15) is 21.1 Å². The van der Waals surface area contributed by atoms with E-state index >= 15 is 0 Å². The second-order valence-electron chi connectivity index (χ2n) is 4.91. The predicted molar refractivity (Wildman–Crippen MR) is 87.3 cm³/mol. The highest BCUT2D eigenvalue weighted by Crippen LogP contribution is 2.21. The predicted octanol–water partition coefficient (Wildman–Crippen LogP) is 1.70. The quantitative estimate of drug-likeness (QED) is 0.585. The van der Waals surface area contributed by atoms with E-state index in [0.717, 1.165) is 5.69 Å². The minimum Gasteiger partial charge on any atom is -0.336 e. The van der Waals surface area contributed by atoms with Gasteiger partial charge in [-0.05, 0) is 18.4 Å². The van der Waals surface area contributed by atoms with Crippen LogP contribution in [0.2, 0.25) is 0 Å². The molecule has 0 bridgehead atoms. The van der Waals surface area contributed by atoms with E-state index < -0.39 is 0 Å². The van der Waals surface area contributed by atoms with Crippen molar-refractivity contribution in [2.75, 3.05) is 6.54 Å². The molecular weight excluding hydrogens is 316 g/mol. The van der Waals surface area contributed by atoms with Gasteiger partial charge in [-0.3, -0.25) is 9.89 Å². The van der Waals surface area contributed by atoms with Crippen LogP contribution in [-0.4, -0.2) is 37.1 Å². The molecule has 23 heavy (non-hydrogen) atoms. The van der Waals surface area contributed by atoms with Crippen molar-refractivity contribution in [2.24, 2.45) is 0 Å². The van der Waals surface area contributed by atoms with Crippen molar-refractivity contribution >= 4 is 39.3 Å². The first-order chi connectivity index (χ1) is 11.2. The van der Waals surface area contributed by atoms with Crippen molar-refractivity contribution in [3.05, 3.63) is 39.6 Å². The average molecular weight is 328 g/mol. The first-order valence-electron chi connectivity index (χ1n) is 6.99. The molecule has 1 amide bonds. The number of nitrogens with zero attached hydrogens (tertiary/aromatic N) is 4. The van der Waals surface area contributed by atoms with E-state index in [-0.39, 0.29) is 11.6 Å². The summed E-state index contributed by atoms with van der Waals surface area (Å²) in [5.74, 6) is 0. The van der Waals surface area contributed by atoms with Gasteiger partial charge in [0.2, 0.25) is 0 Å². The van der Waals surface area contributed by atoms with Gasteiger partial charge < -0.3 is 5.32 Å². The van der Waals surface area contributed by atoms with Crippen molar-refractivity contribution in [3.8, 4) is 5.69 Å². The maximum atomic E-state index is 12.5. The third-order valence-corrected chi connectivity index (χ3v) is 4.21. The Kier molecular flexibility index (Phi) is 3.01. The van der Waals surface area contributed by atoms with Crippen LogP contribution in [0.3, 0.4) is 0 Å². The Labute approximate surface area is 133 Å². The number of nitrogens with one attached hydrogen (secondary N) is 2. The fraction of sp³-hybridized carbons (Fsp3) is 0.143. The number of thiophene rings is 1. The van der Waals surface area contributed by atoms with Crippen LogP contribution in [0.1, 0.15) is 6.92 Å². The zero-order valence-corrected chi connectivity index (χ0v) is 12.9. The third-order valence-electron chi connectivity index (χ3n) is 3.54. The van der Waals surface area contributed by atoms with Gasteiger partial charge in [-0.15, -0.1) is 0 Å². The van der Waals surface area contributed by atoms with E-state index in [1.54, 1.807) is 0 Å². The average Bonchev–Trinajstić information content (AvgIpc) is 3.25. The number of carbonyl (C=O) groups is 1. The SMILES string of the molecule is CCNC(=O)n1ncc2c3[nH]n(-c4ccsc4)c(=O)c3cnc21. The fourth-order valence-electron chi connectivity index (χ4n) is 2.48. The summed E-state index contributed by atoms with van der Waals surface area (Å²) < 4.78 is 2.66. The molecule has 8 nitrogen and oxygen atoms in total. The molecule has 0 unspecified atom stereocenters. The molecule has 0 aliphatic rings. The number of carbonyl (C=O) groups excluding carboxylic acids is 1. The summed E-state index contributed by atoms with van der Waals surface area (Å²) in [6, 6.07) is 1.50. The first-order valence-corrected chi connectivity index (χ1v) is 7.93. The molecule has 0 radical (unpaired) electrons. The number of aromatic amines is 1. The number of H-pyrrole nitrogens is 1. The lowest BCUT2D eigenvalue weighted by Gasteiger charge is -2.01. The molecule has 4 heterocycles. The Bertz CT molecular complexity index is 1070. The monoisotopic (exact) mass is 328 g/mol. The smallest absolute Gasteiger partial charge is 0.336 e. The second-order valence-corrected chi connectivity index (χ2v) is 5.69. The van der Waals surface area contributed by atoms with E-state index in [9.17, 15) is 9.59 Å². The van der Waals surface area contributed by atoms with Crippen molar-refractivity contribution < 1.29 is 4.79 Å². The fourth-order valence-corrected chi connectivity index (χ4v) is 3.10. The Morgan fingerprint density at radius 2 is 2.26 bits per heavy atom. The van der Waals surface area contributed by atoms with Gasteiger partial charge in [-0.1, -0.05) is 0 Å². The van der Waals surface area contributed by atoms with Gasteiger partial charge in [0.15, 0.2) is 5.65 Å². The molecule has 4 rings (SSSR count). The minimum atomic E-state index is -0.353. The van der Waals surface area contributed by atoms with Crippen molar-refractivity contribution in [1.29, 1.82) is 0 Å². The number of rotatable bonds is 2. The van der Waals surface area contributed by atoms with Gasteiger partial charge in [0, 0.05) is 18.1 Å². The molecule has 0 saturated carbocycles. The summed E-state index contributed by atoms with van der Waals surface area (Å²) in [5.41, 5.74) is 1.60. The summed E-state index contributed by atoms with van der Waals surface area (Å²) in [5, 5.41) is 14.7. The number of amides is 1. The molecule has 0 aliphatic heterocycles. The summed E-state index contributed by atoms with van der Waals surface area (Å²) >= 11 is 1.51. The van der Waals surface area contributed by atoms with E-state index in [0.29, 0.717) is 28.5 Å². The first kappa shape index (κ1) is 13.7. The molecule has 0 spiro atoms. The van der Waals surface area contributed by atoms with Crippen LogP contribution in [0.4, 0.5) is 4.79 Å². The van der Waals surface area contributed by atoms with Crippen LogP contribution in [0.15, 0.2) is 34.0 Å². The Morgan fingerprint density at radius 1 is 1.39 bits per heavy atom. The summed E-state index contributed by atoms with van der Waals surface area (Å²) in [7, 11) is 0. The van der Waals surface area contributed by atoms with Crippen LogP contribution in [0.5, 0.6) is 0 Å². The Hall–Kier alpha value is -2.94. The standard InChI is InChI=1S/C14H12N6O2S/c1-2-15-14(22)20-12-9(6-17-20)11-10(5-16-12)13(21)19(18-11)8-3-4-23-7-8/h3-7,18H,2H2,1H3,(H,15,22). The third kappa shape index (κ3) is 1.97. The lowest BCUT2D eigenvalue weighted by molar-refractivity contribution is 0.241. The van der Waals surface area contributed by atoms with Crippen molar-refractivity contribution in [2.45, 2.75) is 6.92 Å². The molecule has 0 saturated heterocycles. The number of hydrogen-bond donors (Lipinski definition) is 2. The molecule has 0 aliphatic carbocycles. The van der Waals surface area contributed by atoms with Gasteiger partial charge in [-0.25, -0.2) is 14.5 Å². The lowest BCUT2D eigenvalue weighted by Crippen LogP contribution is -2.29. The molecule has 2 N–H and O–H groups in total. The molecule has 9 heteroatoms.